The number of carbonyl (C=O) groups is 1. The van der Waals surface area contributed by atoms with Crippen LogP contribution in [0.2, 0.25) is 0 Å². The highest BCUT2D eigenvalue weighted by atomic mass is 19.4. The van der Waals surface area contributed by atoms with Crippen LogP contribution in [0.4, 0.5) is 13.2 Å². The summed E-state index contributed by atoms with van der Waals surface area (Å²) in [4.78, 5) is 18.6. The predicted molar refractivity (Wildman–Crippen MR) is 137 cm³/mol. The van der Waals surface area contributed by atoms with E-state index in [-0.39, 0.29) is 18.9 Å². The number of benzene rings is 1. The quantitative estimate of drug-likeness (QED) is 0.295. The van der Waals surface area contributed by atoms with E-state index < -0.39 is 17.7 Å². The Kier molecular flexibility index (Phi) is 8.78. The first-order valence-electron chi connectivity index (χ1n) is 13.4. The fourth-order valence-corrected chi connectivity index (χ4v) is 5.89. The summed E-state index contributed by atoms with van der Waals surface area (Å²) in [6.45, 7) is 6.21. The number of nitrogens with zero attached hydrogens (tertiary/aromatic N) is 2. The van der Waals surface area contributed by atoms with E-state index in [0.717, 1.165) is 69.3 Å². The van der Waals surface area contributed by atoms with Gasteiger partial charge in [-0.1, -0.05) is 49.6 Å². The molecular formula is C29H37F3N2O3. The van der Waals surface area contributed by atoms with E-state index in [1.165, 1.54) is 17.2 Å². The molecule has 3 aliphatic rings. The summed E-state index contributed by atoms with van der Waals surface area (Å²) in [7, 11) is 0. The van der Waals surface area contributed by atoms with Crippen molar-refractivity contribution >= 4 is 11.7 Å². The molecule has 2 aliphatic carbocycles. The van der Waals surface area contributed by atoms with Crippen LogP contribution in [0.5, 0.6) is 0 Å². The van der Waals surface area contributed by atoms with E-state index in [4.69, 9.17) is 9.94 Å². The van der Waals surface area contributed by atoms with Crippen LogP contribution in [-0.2, 0) is 22.4 Å². The molecule has 0 radical (unpaired) electrons. The van der Waals surface area contributed by atoms with Crippen molar-refractivity contribution in [1.82, 2.24) is 4.90 Å². The second-order valence-corrected chi connectivity index (χ2v) is 10.7. The van der Waals surface area contributed by atoms with Crippen LogP contribution < -0.4 is 0 Å². The van der Waals surface area contributed by atoms with Gasteiger partial charge < -0.3 is 9.94 Å². The van der Waals surface area contributed by atoms with E-state index >= 15 is 0 Å². The van der Waals surface area contributed by atoms with Gasteiger partial charge in [0.2, 0.25) is 0 Å². The largest absolute Gasteiger partial charge is 0.481 e. The van der Waals surface area contributed by atoms with Crippen molar-refractivity contribution in [3.63, 3.8) is 0 Å². The molecule has 1 aliphatic heterocycles. The third kappa shape index (κ3) is 7.03. The van der Waals surface area contributed by atoms with Gasteiger partial charge in [0.1, 0.15) is 6.61 Å². The normalized spacial score (nSPS) is 22.0. The van der Waals surface area contributed by atoms with Gasteiger partial charge in [0.15, 0.2) is 0 Å². The van der Waals surface area contributed by atoms with Crippen LogP contribution in [-0.4, -0.2) is 41.3 Å². The Morgan fingerprint density at radius 1 is 1.22 bits per heavy atom. The molecule has 202 valence electrons. The first-order chi connectivity index (χ1) is 17.6. The summed E-state index contributed by atoms with van der Waals surface area (Å²) in [5.74, 6) is -0.487. The Morgan fingerprint density at radius 2 is 1.97 bits per heavy atom. The Balaban J connectivity index is 1.41. The molecule has 1 heterocycles. The molecule has 5 nitrogen and oxygen atoms in total. The number of allylic oxidation sites excluding steroid dienone is 2. The van der Waals surface area contributed by atoms with Gasteiger partial charge in [0.25, 0.3) is 0 Å². The van der Waals surface area contributed by atoms with Gasteiger partial charge in [0.05, 0.1) is 17.7 Å². The first kappa shape index (κ1) is 27.4. The minimum atomic E-state index is -4.39. The van der Waals surface area contributed by atoms with Gasteiger partial charge in [-0.05, 0) is 78.4 Å². The van der Waals surface area contributed by atoms with E-state index in [1.807, 2.05) is 6.92 Å². The topological polar surface area (TPSA) is 62.1 Å². The lowest BCUT2D eigenvalue weighted by molar-refractivity contribution is -0.139. The summed E-state index contributed by atoms with van der Waals surface area (Å²) in [5.41, 5.74) is 4.78. The average molecular weight is 519 g/mol. The molecule has 0 spiro atoms. The number of oxime groups is 1. The molecule has 0 saturated heterocycles. The maximum Gasteiger partial charge on any atom is 0.416 e. The molecule has 37 heavy (non-hydrogen) atoms. The zero-order valence-corrected chi connectivity index (χ0v) is 21.7. The van der Waals surface area contributed by atoms with Crippen molar-refractivity contribution in [2.45, 2.75) is 83.9 Å². The van der Waals surface area contributed by atoms with Crippen LogP contribution in [0.15, 0.2) is 46.2 Å². The third-order valence-corrected chi connectivity index (χ3v) is 7.98. The van der Waals surface area contributed by atoms with E-state index in [0.29, 0.717) is 23.6 Å². The van der Waals surface area contributed by atoms with Crippen LogP contribution in [0.25, 0.3) is 0 Å². The molecule has 4 rings (SSSR count). The fraction of sp³-hybridized carbons (Fsp3) is 0.586. The molecule has 1 N–H and O–H groups in total. The van der Waals surface area contributed by atoms with Crippen LogP contribution in [0.1, 0.15) is 87.8 Å². The van der Waals surface area contributed by atoms with Crippen molar-refractivity contribution < 1.29 is 27.9 Å². The van der Waals surface area contributed by atoms with Crippen LogP contribution in [0.3, 0.4) is 0 Å². The van der Waals surface area contributed by atoms with Gasteiger partial charge in [0, 0.05) is 19.6 Å². The van der Waals surface area contributed by atoms with Crippen LogP contribution in [0, 0.1) is 5.92 Å². The molecule has 0 amide bonds. The zero-order chi connectivity index (χ0) is 26.6. The molecule has 1 atom stereocenters. The molecule has 0 bridgehead atoms. The van der Waals surface area contributed by atoms with Crippen molar-refractivity contribution in [3.8, 4) is 0 Å². The highest BCUT2D eigenvalue weighted by Crippen LogP contribution is 2.41. The summed E-state index contributed by atoms with van der Waals surface area (Å²) < 4.78 is 41.5. The van der Waals surface area contributed by atoms with Gasteiger partial charge in [-0.15, -0.1) is 0 Å². The lowest BCUT2D eigenvalue weighted by Gasteiger charge is -2.35. The number of halogens is 3. The number of hydrogen-bond donors (Lipinski definition) is 1. The summed E-state index contributed by atoms with van der Waals surface area (Å²) in [6, 6.07) is 4.60. The molecule has 0 unspecified atom stereocenters. The van der Waals surface area contributed by atoms with Crippen LogP contribution >= 0.6 is 0 Å². The molecule has 1 aromatic carbocycles. The van der Waals surface area contributed by atoms with Crippen molar-refractivity contribution in [2.75, 3.05) is 19.6 Å². The Labute approximate surface area is 217 Å². The molecule has 1 saturated carbocycles. The van der Waals surface area contributed by atoms with Crippen molar-refractivity contribution in [2.24, 2.45) is 11.1 Å². The fourth-order valence-electron chi connectivity index (χ4n) is 5.89. The predicted octanol–water partition coefficient (Wildman–Crippen LogP) is 7.09. The van der Waals surface area contributed by atoms with Gasteiger partial charge in [-0.2, -0.15) is 13.2 Å². The van der Waals surface area contributed by atoms with Crippen molar-refractivity contribution in [3.05, 3.63) is 57.7 Å². The van der Waals surface area contributed by atoms with Gasteiger partial charge in [-0.3, -0.25) is 9.69 Å². The number of carboxylic acid groups (broad SMARTS) is 1. The number of aliphatic carboxylic acids is 1. The lowest BCUT2D eigenvalue weighted by atomic mass is 9.80. The smallest absolute Gasteiger partial charge is 0.416 e. The average Bonchev–Trinajstić information content (AvgIpc) is 2.87. The maximum absolute atomic E-state index is 13.8. The van der Waals surface area contributed by atoms with Gasteiger partial charge >= 0.3 is 12.1 Å². The lowest BCUT2D eigenvalue weighted by Crippen LogP contribution is -2.36. The maximum atomic E-state index is 13.8. The minimum absolute atomic E-state index is 0.0132. The van der Waals surface area contributed by atoms with E-state index in [2.05, 4.69) is 23.1 Å². The second kappa shape index (κ2) is 11.8. The van der Waals surface area contributed by atoms with E-state index in [1.54, 1.807) is 12.1 Å². The molecule has 0 aromatic heterocycles. The first-order valence-corrected chi connectivity index (χ1v) is 13.4. The Morgan fingerprint density at radius 3 is 2.68 bits per heavy atom. The third-order valence-electron chi connectivity index (χ3n) is 7.98. The molecule has 1 aromatic rings. The molecular weight excluding hydrogens is 481 g/mol. The minimum Gasteiger partial charge on any atom is -0.481 e. The number of carboxylic acids is 1. The standard InChI is InChI=1S/C29H37F3N2O3/c1-19-14-24(16-23-10-12-34(17-26(19)23)13-11-28(35)36)20(2)33-37-18-21-8-9-25(22-6-4-3-5-7-22)27(15-21)29(30,31)32/h8-9,15-16,19,22H,3-7,10-14,17-18H2,1-2H3,(H,35,36)/b33-20+/t19-/m1/s1. The zero-order valence-electron chi connectivity index (χ0n) is 21.7. The summed E-state index contributed by atoms with van der Waals surface area (Å²) in [6.07, 6.45) is 4.28. The van der Waals surface area contributed by atoms with E-state index in [9.17, 15) is 18.0 Å². The number of hydrogen-bond acceptors (Lipinski definition) is 4. The van der Waals surface area contributed by atoms with Crippen molar-refractivity contribution in [1.29, 1.82) is 0 Å². The monoisotopic (exact) mass is 518 g/mol. The number of alkyl halides is 3. The number of rotatable bonds is 8. The molecule has 8 heteroatoms. The van der Waals surface area contributed by atoms with Gasteiger partial charge in [-0.25, -0.2) is 0 Å². The highest BCUT2D eigenvalue weighted by molar-refractivity contribution is 5.98. The molecule has 1 fully saturated rings. The highest BCUT2D eigenvalue weighted by Gasteiger charge is 2.36. The summed E-state index contributed by atoms with van der Waals surface area (Å²) in [5, 5.41) is 13.2. The summed E-state index contributed by atoms with van der Waals surface area (Å²) >= 11 is 0. The Bertz CT molecular complexity index is 1080. The second-order valence-electron chi connectivity index (χ2n) is 10.7. The SMILES string of the molecule is C/C(=N\OCc1ccc(C2CCCCC2)c(C(F)(F)F)c1)C1=CC2=C(CN(CCC(=O)O)CC2)[C@H](C)C1. The Hall–Kier alpha value is -2.61.